The summed E-state index contributed by atoms with van der Waals surface area (Å²) >= 11 is 0. The Kier molecular flexibility index (Phi) is 3.76. The molecule has 62 valence electrons. The van der Waals surface area contributed by atoms with Crippen LogP contribution in [0.4, 0.5) is 0 Å². The molecule has 0 aliphatic heterocycles. The molecule has 0 saturated heterocycles. The molecule has 0 amide bonds. The molecule has 0 bridgehead atoms. The van der Waals surface area contributed by atoms with Crippen molar-refractivity contribution in [1.29, 1.82) is 0 Å². The highest BCUT2D eigenvalue weighted by atomic mass is 35.5. The monoisotopic (exact) mass is 190 g/mol. The molecule has 0 aliphatic rings. The lowest BCUT2D eigenvalue weighted by atomic mass is 10.4. The third kappa shape index (κ3) is 3.04. The van der Waals surface area contributed by atoms with Gasteiger partial charge in [0.15, 0.2) is 4.90 Å². The number of hydrogen-bond donors (Lipinski definition) is 0. The van der Waals surface area contributed by atoms with Gasteiger partial charge in [0.25, 0.3) is 0 Å². The molecular weight excluding hydrogens is 180 g/mol. The van der Waals surface area contributed by atoms with E-state index in [1.165, 1.54) is 0 Å². The van der Waals surface area contributed by atoms with E-state index in [4.69, 9.17) is 0 Å². The number of benzene rings is 1. The lowest BCUT2D eigenvalue weighted by Gasteiger charge is -1.97. The van der Waals surface area contributed by atoms with E-state index in [0.29, 0.717) is 0 Å². The zero-order valence-electron chi connectivity index (χ0n) is 6.58. The van der Waals surface area contributed by atoms with Crippen molar-refractivity contribution in [1.82, 2.24) is 0 Å². The lowest BCUT2D eigenvalue weighted by molar-refractivity contribution is -0.00000360. The van der Waals surface area contributed by atoms with Crippen LogP contribution >= 0.6 is 0 Å². The van der Waals surface area contributed by atoms with Crippen LogP contribution in [-0.4, -0.2) is 12.5 Å². The molecule has 0 atom stereocenters. The summed E-state index contributed by atoms with van der Waals surface area (Å²) in [6.45, 7) is 0. The van der Waals surface area contributed by atoms with Crippen molar-refractivity contribution in [2.24, 2.45) is 0 Å². The molecule has 0 saturated carbocycles. The molecule has 0 radical (unpaired) electrons. The van der Waals surface area contributed by atoms with Gasteiger partial charge in [-0.15, -0.1) is 4.21 Å². The van der Waals surface area contributed by atoms with Gasteiger partial charge in [0.1, 0.15) is 22.4 Å². The van der Waals surface area contributed by atoms with Gasteiger partial charge in [-0.1, -0.05) is 18.2 Å². The van der Waals surface area contributed by atoms with Crippen molar-refractivity contribution in [2.45, 2.75) is 4.90 Å². The Morgan fingerprint density at radius 1 is 1.09 bits per heavy atom. The Bertz CT molecular complexity index is 252. The van der Waals surface area contributed by atoms with Crippen molar-refractivity contribution in [2.75, 3.05) is 12.5 Å². The summed E-state index contributed by atoms with van der Waals surface area (Å²) in [4.78, 5) is 0.926. The van der Waals surface area contributed by atoms with Gasteiger partial charge in [0.05, 0.1) is 0 Å². The van der Waals surface area contributed by atoms with Crippen molar-refractivity contribution in [3.8, 4) is 0 Å². The number of halogens is 1. The summed E-state index contributed by atoms with van der Waals surface area (Å²) < 4.78 is 11.4. The van der Waals surface area contributed by atoms with E-state index in [-0.39, 0.29) is 12.4 Å². The second kappa shape index (κ2) is 3.88. The summed E-state index contributed by atoms with van der Waals surface area (Å²) in [5.41, 5.74) is 0. The van der Waals surface area contributed by atoms with E-state index in [1.807, 2.05) is 30.3 Å². The molecule has 1 aromatic carbocycles. The third-order valence-corrected chi connectivity index (χ3v) is 2.72. The fourth-order valence-corrected chi connectivity index (χ4v) is 1.56. The van der Waals surface area contributed by atoms with Crippen molar-refractivity contribution in [3.63, 3.8) is 0 Å². The van der Waals surface area contributed by atoms with Gasteiger partial charge < -0.3 is 12.4 Å². The van der Waals surface area contributed by atoms with Crippen LogP contribution in [0.15, 0.2) is 35.2 Å². The Hall–Kier alpha value is -0.340. The van der Waals surface area contributed by atoms with Gasteiger partial charge >= 0.3 is 0 Å². The smallest absolute Gasteiger partial charge is 0.157 e. The molecule has 0 heterocycles. The predicted octanol–water partition coefficient (Wildman–Crippen LogP) is -1.19. The first-order valence-electron chi connectivity index (χ1n) is 3.10. The highest BCUT2D eigenvalue weighted by Gasteiger charge is 2.15. The minimum absolute atomic E-state index is 0. The van der Waals surface area contributed by atoms with Gasteiger partial charge in [-0.2, -0.15) is 0 Å². The summed E-state index contributed by atoms with van der Waals surface area (Å²) in [6, 6.07) is 9.52. The molecule has 0 N–H and O–H groups in total. The number of rotatable bonds is 1. The first-order valence-corrected chi connectivity index (χ1v) is 5.47. The van der Waals surface area contributed by atoms with Gasteiger partial charge in [-0.3, -0.25) is 0 Å². The SMILES string of the molecule is C[S+](C)(=O)c1ccccc1.[Cl-]. The molecule has 1 aromatic rings. The predicted molar refractivity (Wildman–Crippen MR) is 44.6 cm³/mol. The normalized spacial score (nSPS) is 10.4. The summed E-state index contributed by atoms with van der Waals surface area (Å²) in [5, 5.41) is 0. The van der Waals surface area contributed by atoms with E-state index in [1.54, 1.807) is 12.5 Å². The van der Waals surface area contributed by atoms with Crippen LogP contribution in [0.25, 0.3) is 0 Å². The minimum Gasteiger partial charge on any atom is -1.00 e. The van der Waals surface area contributed by atoms with Gasteiger partial charge in [0.2, 0.25) is 0 Å². The summed E-state index contributed by atoms with van der Waals surface area (Å²) in [5.74, 6) is 0. The van der Waals surface area contributed by atoms with Gasteiger partial charge in [0, 0.05) is 0 Å². The maximum absolute atomic E-state index is 11.4. The van der Waals surface area contributed by atoms with Gasteiger partial charge in [-0.25, -0.2) is 0 Å². The molecule has 0 fully saturated rings. The van der Waals surface area contributed by atoms with Crippen LogP contribution in [-0.2, 0) is 14.1 Å². The Morgan fingerprint density at radius 2 is 1.55 bits per heavy atom. The fraction of sp³-hybridized carbons (Fsp3) is 0.250. The van der Waals surface area contributed by atoms with Crippen LogP contribution in [0.2, 0.25) is 0 Å². The maximum Gasteiger partial charge on any atom is 0.157 e. The maximum atomic E-state index is 11.4. The van der Waals surface area contributed by atoms with Crippen molar-refractivity contribution >= 4 is 9.93 Å². The summed E-state index contributed by atoms with van der Waals surface area (Å²) in [7, 11) is -1.75. The van der Waals surface area contributed by atoms with Crippen LogP contribution < -0.4 is 12.4 Å². The van der Waals surface area contributed by atoms with E-state index in [0.717, 1.165) is 4.90 Å². The molecule has 0 aromatic heterocycles. The highest BCUT2D eigenvalue weighted by molar-refractivity contribution is 8.01. The first-order chi connectivity index (χ1) is 4.61. The quantitative estimate of drug-likeness (QED) is 0.509. The van der Waals surface area contributed by atoms with Crippen LogP contribution in [0.5, 0.6) is 0 Å². The zero-order chi connectivity index (χ0) is 7.61. The molecule has 3 heteroatoms. The fourth-order valence-electron chi connectivity index (χ4n) is 0.748. The van der Waals surface area contributed by atoms with Crippen LogP contribution in [0.1, 0.15) is 0 Å². The Balaban J connectivity index is 0.000001000. The van der Waals surface area contributed by atoms with E-state index in [9.17, 15) is 4.21 Å². The number of hydrogen-bond acceptors (Lipinski definition) is 1. The summed E-state index contributed by atoms with van der Waals surface area (Å²) in [6.07, 6.45) is 3.50. The molecular formula is C8H11ClOS. The molecule has 1 nitrogen and oxygen atoms in total. The molecule has 0 aliphatic carbocycles. The topological polar surface area (TPSA) is 17.1 Å². The minimum atomic E-state index is -1.75. The Labute approximate surface area is 74.7 Å². The van der Waals surface area contributed by atoms with E-state index in [2.05, 4.69) is 0 Å². The average Bonchev–Trinajstić information content (AvgIpc) is 1.88. The molecule has 0 spiro atoms. The molecule has 11 heavy (non-hydrogen) atoms. The standard InChI is InChI=1S/C8H11OS.ClH/c1-10(2,9)8-6-4-3-5-7-8;/h3-7H,1-2H3;1H/q+1;/p-1. The van der Waals surface area contributed by atoms with Crippen molar-refractivity contribution in [3.05, 3.63) is 30.3 Å². The zero-order valence-corrected chi connectivity index (χ0v) is 8.15. The molecule has 0 unspecified atom stereocenters. The highest BCUT2D eigenvalue weighted by Crippen LogP contribution is 2.11. The van der Waals surface area contributed by atoms with E-state index >= 15 is 0 Å². The average molecular weight is 191 g/mol. The third-order valence-electron chi connectivity index (χ3n) is 1.31. The van der Waals surface area contributed by atoms with Gasteiger partial charge in [-0.05, 0) is 12.1 Å². The van der Waals surface area contributed by atoms with Crippen LogP contribution in [0, 0.1) is 0 Å². The van der Waals surface area contributed by atoms with Crippen LogP contribution in [0.3, 0.4) is 0 Å². The second-order valence-corrected chi connectivity index (χ2v) is 5.48. The second-order valence-electron chi connectivity index (χ2n) is 2.55. The first kappa shape index (κ1) is 10.7. The van der Waals surface area contributed by atoms with E-state index < -0.39 is 9.93 Å². The van der Waals surface area contributed by atoms with Crippen molar-refractivity contribution < 1.29 is 16.6 Å². The Morgan fingerprint density at radius 3 is 1.82 bits per heavy atom. The molecule has 1 rings (SSSR count). The largest absolute Gasteiger partial charge is 1.00 e. The lowest BCUT2D eigenvalue weighted by Crippen LogP contribution is -3.00.